The van der Waals surface area contributed by atoms with Crippen LogP contribution in [-0.2, 0) is 17.5 Å². The van der Waals surface area contributed by atoms with Gasteiger partial charge in [-0.15, -0.1) is 0 Å². The van der Waals surface area contributed by atoms with Crippen molar-refractivity contribution in [3.05, 3.63) is 83.7 Å². The molecule has 2 N–H and O–H groups in total. The summed E-state index contributed by atoms with van der Waals surface area (Å²) in [4.78, 5) is 15.9. The molecule has 1 heterocycles. The molecule has 0 saturated heterocycles. The highest BCUT2D eigenvalue weighted by atomic mass is 28.4. The molecule has 3 aromatic rings. The molecule has 1 amide bonds. The highest BCUT2D eigenvalue weighted by Crippen LogP contribution is 2.39. The number of carbonyl (C=O) groups is 1. The molecule has 0 radical (unpaired) electrons. The number of aryl methyl sites for hydroxylation is 1. The van der Waals surface area contributed by atoms with E-state index in [-0.39, 0.29) is 28.7 Å². The zero-order valence-electron chi connectivity index (χ0n) is 22.1. The summed E-state index contributed by atoms with van der Waals surface area (Å²) in [6.45, 7) is 13.5. The van der Waals surface area contributed by atoms with Crippen molar-refractivity contribution in [3.63, 3.8) is 0 Å². The van der Waals surface area contributed by atoms with Gasteiger partial charge in [-0.3, -0.25) is 4.79 Å². The van der Waals surface area contributed by atoms with Crippen LogP contribution in [0.5, 0.6) is 5.75 Å². The molecule has 2 aromatic carbocycles. The van der Waals surface area contributed by atoms with Crippen LogP contribution < -0.4 is 10.5 Å². The highest BCUT2D eigenvalue weighted by Gasteiger charge is 2.40. The Labute approximate surface area is 214 Å². The lowest BCUT2D eigenvalue weighted by Crippen LogP contribution is -2.45. The second kappa shape index (κ2) is 11.4. The lowest BCUT2D eigenvalue weighted by molar-refractivity contribution is 0.0995. The number of benzene rings is 2. The van der Waals surface area contributed by atoms with E-state index in [0.717, 1.165) is 11.1 Å². The fourth-order valence-corrected chi connectivity index (χ4v) is 5.34. The van der Waals surface area contributed by atoms with E-state index in [2.05, 4.69) is 45.8 Å². The van der Waals surface area contributed by atoms with Crippen LogP contribution in [0.4, 0.5) is 4.39 Å². The van der Waals surface area contributed by atoms with Crippen LogP contribution in [0.1, 0.15) is 61.8 Å². The maximum absolute atomic E-state index is 14.1. The van der Waals surface area contributed by atoms with Crippen molar-refractivity contribution < 1.29 is 18.3 Å². The smallest absolute Gasteiger partial charge is 0.268 e. The summed E-state index contributed by atoms with van der Waals surface area (Å²) in [5, 5.41) is 0.0501. The molecule has 194 valence electrons. The molecule has 0 aliphatic rings. The number of halogens is 1. The molecule has 0 aliphatic carbocycles. The van der Waals surface area contributed by atoms with Crippen LogP contribution in [-0.4, -0.2) is 29.9 Å². The molecule has 0 fully saturated rings. The Kier molecular flexibility index (Phi) is 8.74. The van der Waals surface area contributed by atoms with Gasteiger partial charge in [0, 0.05) is 12.3 Å². The van der Waals surface area contributed by atoms with Crippen molar-refractivity contribution in [1.82, 2.24) is 9.55 Å². The van der Waals surface area contributed by atoms with E-state index in [4.69, 9.17) is 14.9 Å². The Bertz CT molecular complexity index is 1160. The number of amides is 1. The zero-order chi connectivity index (χ0) is 26.5. The van der Waals surface area contributed by atoms with E-state index in [0.29, 0.717) is 25.2 Å². The Morgan fingerprint density at radius 1 is 1.17 bits per heavy atom. The summed E-state index contributed by atoms with van der Waals surface area (Å²) in [5.41, 5.74) is 7.59. The molecule has 0 aliphatic heterocycles. The second-order valence-electron chi connectivity index (χ2n) is 10.8. The summed E-state index contributed by atoms with van der Waals surface area (Å²) in [6, 6.07) is 14.4. The molecular formula is C28H38FN3O3Si. The molecule has 2 atom stereocenters. The van der Waals surface area contributed by atoms with Crippen molar-refractivity contribution in [2.24, 2.45) is 5.73 Å². The maximum Gasteiger partial charge on any atom is 0.268 e. The number of carbonyl (C=O) groups excluding carboxylic acids is 1. The summed E-state index contributed by atoms with van der Waals surface area (Å²) in [6.07, 6.45) is 4.47. The summed E-state index contributed by atoms with van der Waals surface area (Å²) in [7, 11) is -2.06. The first kappa shape index (κ1) is 27.6. The van der Waals surface area contributed by atoms with Crippen molar-refractivity contribution in [1.29, 1.82) is 0 Å². The van der Waals surface area contributed by atoms with Crippen LogP contribution in [0.3, 0.4) is 0 Å². The lowest BCUT2D eigenvalue weighted by atomic mass is 10.0. The minimum Gasteiger partial charge on any atom is -0.489 e. The number of aromatic nitrogens is 2. The number of nitrogens with two attached hydrogens (primary N) is 1. The number of nitrogens with zero attached hydrogens (tertiary/aromatic N) is 2. The molecule has 0 unspecified atom stereocenters. The fraction of sp³-hybridized carbons (Fsp3) is 0.429. The van der Waals surface area contributed by atoms with E-state index in [1.165, 1.54) is 12.1 Å². The molecule has 0 bridgehead atoms. The molecule has 0 saturated carbocycles. The third-order valence-corrected chi connectivity index (χ3v) is 11.6. The van der Waals surface area contributed by atoms with Gasteiger partial charge in [-0.05, 0) is 55.1 Å². The average molecular weight is 512 g/mol. The summed E-state index contributed by atoms with van der Waals surface area (Å²) < 4.78 is 28.7. The van der Waals surface area contributed by atoms with Gasteiger partial charge in [-0.1, -0.05) is 57.2 Å². The van der Waals surface area contributed by atoms with E-state index in [1.807, 2.05) is 34.9 Å². The van der Waals surface area contributed by atoms with Gasteiger partial charge in [-0.2, -0.15) is 0 Å². The van der Waals surface area contributed by atoms with Crippen molar-refractivity contribution in [3.8, 4) is 5.75 Å². The third-order valence-electron chi connectivity index (χ3n) is 7.04. The number of ether oxygens (including phenoxy) is 1. The van der Waals surface area contributed by atoms with Gasteiger partial charge in [0.2, 0.25) is 0 Å². The lowest BCUT2D eigenvalue weighted by Gasteiger charge is -2.40. The van der Waals surface area contributed by atoms with E-state index < -0.39 is 14.2 Å². The van der Waals surface area contributed by atoms with E-state index >= 15 is 0 Å². The van der Waals surface area contributed by atoms with Gasteiger partial charge in [0.1, 0.15) is 23.9 Å². The minimum atomic E-state index is -2.06. The normalized spacial score (nSPS) is 13.9. The molecule has 8 heteroatoms. The largest absolute Gasteiger partial charge is 0.489 e. The topological polar surface area (TPSA) is 79.4 Å². The number of primary amides is 1. The van der Waals surface area contributed by atoms with Crippen molar-refractivity contribution >= 4 is 14.2 Å². The quantitative estimate of drug-likeness (QED) is 0.307. The Hall–Kier alpha value is -2.97. The Balaban J connectivity index is 1.83. The van der Waals surface area contributed by atoms with E-state index in [1.54, 1.807) is 18.6 Å². The molecule has 3 rings (SSSR count). The maximum atomic E-state index is 14.1. The molecule has 0 spiro atoms. The monoisotopic (exact) mass is 511 g/mol. The molecule has 6 nitrogen and oxygen atoms in total. The van der Waals surface area contributed by atoms with Crippen LogP contribution >= 0.6 is 0 Å². The van der Waals surface area contributed by atoms with Gasteiger partial charge in [0.05, 0.1) is 18.5 Å². The van der Waals surface area contributed by atoms with Crippen LogP contribution in [0.25, 0.3) is 0 Å². The highest BCUT2D eigenvalue weighted by molar-refractivity contribution is 6.74. The standard InChI is InChI=1S/C28H38FN3O3Si/c1-20(35-36(5,6)28(2,3)4)25(32-17-24(27(30)33)31-19-32)15-13-22-12-14-23(29)16-26(22)34-18-21-10-8-7-9-11-21/h7-12,14,16-17,19-20,25H,13,15,18H2,1-6H3,(H2,30,33)/t20-,25+/m0/s1. The predicted octanol–water partition coefficient (Wildman–Crippen LogP) is 6.28. The Morgan fingerprint density at radius 2 is 1.86 bits per heavy atom. The van der Waals surface area contributed by atoms with Gasteiger partial charge < -0.3 is 19.5 Å². The number of hydrogen-bond acceptors (Lipinski definition) is 4. The fourth-order valence-electron chi connectivity index (χ4n) is 3.90. The summed E-state index contributed by atoms with van der Waals surface area (Å²) >= 11 is 0. The molecule has 36 heavy (non-hydrogen) atoms. The summed E-state index contributed by atoms with van der Waals surface area (Å²) in [5.74, 6) is -0.381. The SMILES string of the molecule is C[C@H](O[Si](C)(C)C(C)(C)C)[C@@H](CCc1ccc(F)cc1OCc1ccccc1)n1cnc(C(N)=O)c1. The van der Waals surface area contributed by atoms with Gasteiger partial charge >= 0.3 is 0 Å². The average Bonchev–Trinajstić information content (AvgIpc) is 3.29. The first-order valence-electron chi connectivity index (χ1n) is 12.3. The van der Waals surface area contributed by atoms with Gasteiger partial charge in [0.15, 0.2) is 8.32 Å². The zero-order valence-corrected chi connectivity index (χ0v) is 23.1. The van der Waals surface area contributed by atoms with Gasteiger partial charge in [0.25, 0.3) is 5.91 Å². The Morgan fingerprint density at radius 3 is 2.47 bits per heavy atom. The van der Waals surface area contributed by atoms with Crippen molar-refractivity contribution in [2.45, 2.75) is 77.4 Å². The molecular weight excluding hydrogens is 473 g/mol. The van der Waals surface area contributed by atoms with E-state index in [9.17, 15) is 9.18 Å². The van der Waals surface area contributed by atoms with Crippen LogP contribution in [0.15, 0.2) is 61.1 Å². The predicted molar refractivity (Wildman–Crippen MR) is 143 cm³/mol. The molecule has 1 aromatic heterocycles. The van der Waals surface area contributed by atoms with Crippen LogP contribution in [0.2, 0.25) is 18.1 Å². The third kappa shape index (κ3) is 7.04. The van der Waals surface area contributed by atoms with Crippen LogP contribution in [0, 0.1) is 5.82 Å². The van der Waals surface area contributed by atoms with Gasteiger partial charge in [-0.25, -0.2) is 9.37 Å². The first-order chi connectivity index (χ1) is 16.9. The minimum absolute atomic E-state index is 0.0501. The van der Waals surface area contributed by atoms with Crippen molar-refractivity contribution in [2.75, 3.05) is 0 Å². The number of imidazole rings is 1. The first-order valence-corrected chi connectivity index (χ1v) is 15.2. The number of rotatable bonds is 11. The second-order valence-corrected chi connectivity index (χ2v) is 15.5. The number of hydrogen-bond donors (Lipinski definition) is 1.